The standard InChI is InChI=1S/C47H58BBrO4S.C41H63B2O4.C29H40Br2.C12H6Br2O2S/c1-7-9-11-13-15-17-27-47(28-18-16-14-12-10-8-2)41-29-33(34-20-24-39-40-26-22-36(49)32-44(40)54(50,51)43(39)30-34)19-23-37(41)38-25-21-35(31-42(38)47)48-52-45(3,4)46(5,6)53-48;1-11-13-15-17-19-21-27-41(28-22-20-18-16-14-12-2)35-29-31(42-44-37(3,4)38(5,6)45-42)23-25-33(35)34-26-24-32(30-36(34)41)43-46-39(7,8)40(9,10)47-43;1-3-5-7-9-11-13-19-29(20-14-12-10-8-6-4-2)27-21-23(30)15-17-25(27)26-18-16-24(31)22-28(26)29;13-7-1-3-9-10-4-2-8(14)6-12(10)17(15,16)11(9)5-7/h19-26,29-32H,7-18,27-28H2,1-6H3;23-26,29-30H,3,11-22,27-28H2,1-2,4-10H3;15-18,21-22H,3-14,19-20H2,1-2H3;1-6H/q;+1;;. The Morgan fingerprint density at radius 3 is 0.678 bits per heavy atom. The largest absolute Gasteiger partial charge is 0.498 e. The molecule has 0 aromatic heterocycles. The first-order valence-electron chi connectivity index (χ1n) is 57.3. The maximum atomic E-state index is 13.9. The van der Waals surface area contributed by atoms with Gasteiger partial charge in [-0.25, -0.2) is 16.8 Å². The van der Waals surface area contributed by atoms with Crippen molar-refractivity contribution in [1.82, 2.24) is 0 Å². The van der Waals surface area contributed by atoms with Crippen LogP contribution in [0.5, 0.6) is 0 Å². The number of halogens is 5. The molecule has 0 spiro atoms. The van der Waals surface area contributed by atoms with Crippen molar-refractivity contribution in [1.29, 1.82) is 0 Å². The van der Waals surface area contributed by atoms with Crippen molar-refractivity contribution >= 4 is 137 Å². The average Bonchev–Trinajstić information content (AvgIpc) is 1.56. The monoisotopic (exact) mass is 2370 g/mol. The van der Waals surface area contributed by atoms with Crippen LogP contribution in [0.15, 0.2) is 224 Å². The van der Waals surface area contributed by atoms with Crippen LogP contribution in [0, 0.1) is 6.92 Å². The predicted octanol–water partition coefficient (Wildman–Crippen LogP) is 37.9. The maximum absolute atomic E-state index is 13.9. The molecule has 3 saturated heterocycles. The first kappa shape index (κ1) is 117. The molecule has 0 amide bonds. The van der Waals surface area contributed by atoms with Crippen LogP contribution in [-0.2, 0) is 63.8 Å². The highest BCUT2D eigenvalue weighted by Crippen LogP contribution is 2.60. The third-order valence-corrected chi connectivity index (χ3v) is 41.2. The Hall–Kier alpha value is -5.68. The molecule has 0 saturated carbocycles. The van der Waals surface area contributed by atoms with Gasteiger partial charge in [0.1, 0.15) is 5.60 Å². The molecule has 5 heterocycles. The molecule has 10 nitrogen and oxygen atoms in total. The topological polar surface area (TPSA) is 124 Å². The fourth-order valence-electron chi connectivity index (χ4n) is 24.4. The van der Waals surface area contributed by atoms with Crippen molar-refractivity contribution in [2.45, 2.75) is 457 Å². The van der Waals surface area contributed by atoms with Gasteiger partial charge in [0.25, 0.3) is 0 Å². The van der Waals surface area contributed by atoms with Crippen LogP contribution in [0.25, 0.3) is 66.8 Å². The van der Waals surface area contributed by atoms with E-state index in [1.165, 1.54) is 309 Å². The molecule has 5 aliphatic heterocycles. The zero-order valence-electron chi connectivity index (χ0n) is 92.7. The highest BCUT2D eigenvalue weighted by atomic mass is 79.9. The molecule has 20 heteroatoms. The van der Waals surface area contributed by atoms with Gasteiger partial charge >= 0.3 is 21.4 Å². The molecule has 0 radical (unpaired) electrons. The Morgan fingerprint density at radius 1 is 0.221 bits per heavy atom. The first-order chi connectivity index (χ1) is 71.1. The Bertz CT molecular complexity index is 6250. The fraction of sp³-hybridized carbons (Fsp3) is 0.527. The second-order valence-electron chi connectivity index (χ2n) is 47.0. The first-order valence-corrected chi connectivity index (χ1v) is 64.2. The van der Waals surface area contributed by atoms with Gasteiger partial charge in [0.2, 0.25) is 25.3 Å². The molecule has 1 atom stereocenters. The zero-order valence-corrected chi connectivity index (χ0v) is 102. The summed E-state index contributed by atoms with van der Waals surface area (Å²) in [6, 6.07) is 64.1. The van der Waals surface area contributed by atoms with Gasteiger partial charge in [-0.15, -0.1) is 0 Å². The minimum Gasteiger partial charge on any atom is -0.399 e. The van der Waals surface area contributed by atoms with Crippen LogP contribution in [0.1, 0.15) is 421 Å². The van der Waals surface area contributed by atoms with E-state index in [2.05, 4.69) is 313 Å². The SMILES string of the molecule is CCCCCCCCC1(CCCCCCCC)c2cc(B3OC(C)(C)C(C)(C)O3)ccc2-c2ccc(-c3ccc4c(c3)S(=O)(=O)c3cc(Br)ccc3-4)cc21.CCCCCCCCC1(CCCCCCCC)c2cc(Br)ccc2-c2ccc(Br)cc21.O=S1(=O)c2cc(Br)ccc2-c2ccc(Br)cc21.[CH2+]C1(C)OB(c2ccc3c(c2)C(CCCCCCCC)(CCCCCCCC)c2cc(B4OC(C)(C)C(C)(C)O4)ccc2-3)OC1(C)C. The van der Waals surface area contributed by atoms with Gasteiger partial charge < -0.3 is 27.9 Å². The van der Waals surface area contributed by atoms with Crippen molar-refractivity contribution in [2.24, 2.45) is 0 Å². The summed E-state index contributed by atoms with van der Waals surface area (Å²) in [4.78, 5) is 1.53. The summed E-state index contributed by atoms with van der Waals surface area (Å²) in [6.45, 7) is 41.4. The highest BCUT2D eigenvalue weighted by Gasteiger charge is 2.59. The second-order valence-corrected chi connectivity index (χ2v) is 55.4. The quantitative estimate of drug-likeness (QED) is 0.0207. The highest BCUT2D eigenvalue weighted by molar-refractivity contribution is 9.11. The van der Waals surface area contributed by atoms with Gasteiger partial charge in [0.05, 0.1) is 48.9 Å². The lowest BCUT2D eigenvalue weighted by Gasteiger charge is -2.33. The Labute approximate surface area is 941 Å². The lowest BCUT2D eigenvalue weighted by atomic mass is 9.67. The van der Waals surface area contributed by atoms with Crippen molar-refractivity contribution < 1.29 is 44.8 Å². The minimum atomic E-state index is -3.62. The number of hydrogen-bond acceptors (Lipinski definition) is 10. The molecular weight excluding hydrogens is 2210 g/mol. The molecule has 10 aromatic carbocycles. The van der Waals surface area contributed by atoms with Crippen molar-refractivity contribution in [3.63, 3.8) is 0 Å². The summed E-state index contributed by atoms with van der Waals surface area (Å²) < 4.78 is 96.6. The van der Waals surface area contributed by atoms with Crippen LogP contribution in [-0.4, -0.2) is 71.8 Å². The van der Waals surface area contributed by atoms with Gasteiger partial charge in [-0.05, 0) is 275 Å². The number of rotatable bonds is 46. The molecule has 798 valence electrons. The number of hydrogen-bond donors (Lipinski definition) is 0. The van der Waals surface area contributed by atoms with Crippen LogP contribution in [0.3, 0.4) is 0 Å². The third kappa shape index (κ3) is 25.5. The molecule has 0 bridgehead atoms. The van der Waals surface area contributed by atoms with Crippen molar-refractivity contribution in [2.75, 3.05) is 0 Å². The van der Waals surface area contributed by atoms with Crippen LogP contribution in [0.4, 0.5) is 0 Å². The van der Waals surface area contributed by atoms with Gasteiger partial charge in [0.15, 0.2) is 0 Å². The zero-order chi connectivity index (χ0) is 107. The maximum Gasteiger partial charge on any atom is 0.498 e. The van der Waals surface area contributed by atoms with Crippen LogP contribution < -0.4 is 16.4 Å². The number of sulfone groups is 2. The fourth-order valence-corrected chi connectivity index (χ4v) is 30.2. The Morgan fingerprint density at radius 2 is 0.416 bits per heavy atom. The smallest absolute Gasteiger partial charge is 0.399 e. The third-order valence-electron chi connectivity index (χ3n) is 35.1. The Kier molecular flexibility index (Phi) is 39.7. The van der Waals surface area contributed by atoms with E-state index < -0.39 is 56.3 Å². The van der Waals surface area contributed by atoms with E-state index in [4.69, 9.17) is 27.9 Å². The summed E-state index contributed by atoms with van der Waals surface area (Å²) in [5.41, 5.74) is 22.8. The lowest BCUT2D eigenvalue weighted by molar-refractivity contribution is 0.00578. The van der Waals surface area contributed by atoms with Crippen LogP contribution >= 0.6 is 79.6 Å². The molecular formula is C129H167B3Br5O10S2+. The molecule has 18 rings (SSSR count). The van der Waals surface area contributed by atoms with E-state index in [0.717, 1.165) is 88.9 Å². The summed E-state index contributed by atoms with van der Waals surface area (Å²) in [5.74, 6) is 0. The molecule has 0 N–H and O–H groups in total. The summed E-state index contributed by atoms with van der Waals surface area (Å²) in [6.07, 6.45) is 54.0. The normalized spacial score (nSPS) is 18.6. The van der Waals surface area contributed by atoms with E-state index in [1.54, 1.807) is 29.3 Å². The summed E-state index contributed by atoms with van der Waals surface area (Å²) in [5, 5.41) is 0. The summed E-state index contributed by atoms with van der Waals surface area (Å²) in [7, 11) is -8.21. The van der Waals surface area contributed by atoms with Gasteiger partial charge in [-0.1, -0.05) is 462 Å². The van der Waals surface area contributed by atoms with Crippen LogP contribution in [0.2, 0.25) is 0 Å². The van der Waals surface area contributed by atoms with Gasteiger partial charge in [0, 0.05) is 67.8 Å². The van der Waals surface area contributed by atoms with Gasteiger partial charge in [-0.3, -0.25) is 0 Å². The molecule has 10 aromatic rings. The second kappa shape index (κ2) is 50.5. The van der Waals surface area contributed by atoms with E-state index in [1.807, 2.05) is 55.5 Å². The van der Waals surface area contributed by atoms with E-state index in [9.17, 15) is 16.8 Å². The molecule has 8 aliphatic rings. The number of fused-ring (bicyclic) bond motifs is 15. The molecule has 1 unspecified atom stereocenters. The van der Waals surface area contributed by atoms with E-state index in [0.29, 0.717) is 19.6 Å². The molecule has 149 heavy (non-hydrogen) atoms. The van der Waals surface area contributed by atoms with Gasteiger partial charge in [-0.2, -0.15) is 0 Å². The summed E-state index contributed by atoms with van der Waals surface area (Å²) >= 11 is 17.7. The lowest BCUT2D eigenvalue weighted by Crippen LogP contribution is -2.42. The minimum absolute atomic E-state index is 0.0717. The van der Waals surface area contributed by atoms with E-state index in [-0.39, 0.29) is 34.6 Å². The average molecular weight is 2370 g/mol. The number of benzene rings is 10. The van der Waals surface area contributed by atoms with E-state index >= 15 is 0 Å². The Balaban J connectivity index is 0.000000158. The molecule has 3 fully saturated rings. The van der Waals surface area contributed by atoms with Crippen molar-refractivity contribution in [3.8, 4) is 66.8 Å². The van der Waals surface area contributed by atoms with Crippen molar-refractivity contribution in [3.05, 3.63) is 245 Å². The predicted molar refractivity (Wildman–Crippen MR) is 645 cm³/mol. The number of unbranched alkanes of at least 4 members (excludes halogenated alkanes) is 30. The molecule has 3 aliphatic carbocycles.